The van der Waals surface area contributed by atoms with Crippen LogP contribution in [-0.2, 0) is 14.9 Å². The van der Waals surface area contributed by atoms with Crippen molar-refractivity contribution in [3.05, 3.63) is 42.1 Å². The largest absolute Gasteiger partial charge is 0.534 e. The maximum atomic E-state index is 12.6. The lowest BCUT2D eigenvalue weighted by atomic mass is 10.2. The molecule has 0 radical (unpaired) electrons. The Bertz CT molecular complexity index is 1090. The number of alkyl halides is 3. The summed E-state index contributed by atoms with van der Waals surface area (Å²) in [6, 6.07) is 7.04. The molecule has 7 nitrogen and oxygen atoms in total. The fourth-order valence-electron chi connectivity index (χ4n) is 2.21. The lowest BCUT2D eigenvalue weighted by Gasteiger charge is -2.12. The van der Waals surface area contributed by atoms with E-state index in [1.807, 2.05) is 0 Å². The molecule has 0 saturated carbocycles. The number of halogens is 3. The van der Waals surface area contributed by atoms with Crippen molar-refractivity contribution in [2.24, 2.45) is 0 Å². The van der Waals surface area contributed by atoms with Crippen LogP contribution < -0.4 is 4.18 Å². The molecule has 3 aromatic rings. The molecule has 25 heavy (non-hydrogen) atoms. The van der Waals surface area contributed by atoms with Gasteiger partial charge in [-0.1, -0.05) is 0 Å². The van der Waals surface area contributed by atoms with E-state index in [1.54, 1.807) is 0 Å². The fourth-order valence-corrected chi connectivity index (χ4v) is 2.63. The number of hydrogen-bond acceptors (Lipinski definition) is 6. The molecule has 0 N–H and O–H groups in total. The third kappa shape index (κ3) is 2.86. The first kappa shape index (κ1) is 17.0. The Balaban J connectivity index is 2.23. The summed E-state index contributed by atoms with van der Waals surface area (Å²) in [4.78, 5) is 15.4. The van der Waals surface area contributed by atoms with Crippen molar-refractivity contribution in [3.8, 4) is 5.88 Å². The molecule has 0 saturated heterocycles. The van der Waals surface area contributed by atoms with E-state index >= 15 is 0 Å². The second kappa shape index (κ2) is 5.62. The first-order valence-corrected chi connectivity index (χ1v) is 8.05. The number of carbonyl (C=O) groups is 1. The van der Waals surface area contributed by atoms with Crippen LogP contribution in [0.4, 0.5) is 13.2 Å². The summed E-state index contributed by atoms with van der Waals surface area (Å²) in [5, 5.41) is 0. The summed E-state index contributed by atoms with van der Waals surface area (Å²) in [6.45, 7) is 0. The first-order valence-electron chi connectivity index (χ1n) is 6.64. The quantitative estimate of drug-likeness (QED) is 0.398. The summed E-state index contributed by atoms with van der Waals surface area (Å²) in [7, 11) is -4.72. The Hall–Kier alpha value is -2.82. The van der Waals surface area contributed by atoms with E-state index in [0.29, 0.717) is 5.52 Å². The number of carbonyl (C=O) groups excluding carboxylic acids is 1. The van der Waals surface area contributed by atoms with E-state index in [9.17, 15) is 26.4 Å². The first-order chi connectivity index (χ1) is 11.6. The van der Waals surface area contributed by atoms with Gasteiger partial charge in [0.1, 0.15) is 5.52 Å². The maximum Gasteiger partial charge on any atom is 0.534 e. The minimum absolute atomic E-state index is 0.0196. The smallest absolute Gasteiger partial charge is 0.465 e. The number of ether oxygens (including phenoxy) is 1. The van der Waals surface area contributed by atoms with Crippen LogP contribution in [0, 0.1) is 0 Å². The van der Waals surface area contributed by atoms with Crippen LogP contribution in [0.5, 0.6) is 5.88 Å². The second-order valence-electron chi connectivity index (χ2n) is 4.86. The summed E-state index contributed by atoms with van der Waals surface area (Å²) in [5.74, 6) is -1.43. The zero-order valence-electron chi connectivity index (χ0n) is 12.4. The molecule has 2 aromatic heterocycles. The Morgan fingerprint density at radius 3 is 2.56 bits per heavy atom. The van der Waals surface area contributed by atoms with E-state index in [4.69, 9.17) is 0 Å². The van der Waals surface area contributed by atoms with Crippen molar-refractivity contribution in [1.82, 2.24) is 9.38 Å². The highest BCUT2D eigenvalue weighted by molar-refractivity contribution is 7.88. The highest BCUT2D eigenvalue weighted by Crippen LogP contribution is 2.30. The molecule has 0 spiro atoms. The fraction of sp³-hybridized carbons (Fsp3) is 0.143. The zero-order valence-corrected chi connectivity index (χ0v) is 13.3. The lowest BCUT2D eigenvalue weighted by Crippen LogP contribution is -2.28. The van der Waals surface area contributed by atoms with Gasteiger partial charge in [0, 0.05) is 6.20 Å². The van der Waals surface area contributed by atoms with Crippen LogP contribution >= 0.6 is 0 Å². The number of fused-ring (bicyclic) bond motifs is 3. The zero-order chi connectivity index (χ0) is 18.4. The van der Waals surface area contributed by atoms with Gasteiger partial charge >= 0.3 is 21.6 Å². The summed E-state index contributed by atoms with van der Waals surface area (Å²) in [5.41, 5.74) is -4.99. The SMILES string of the molecule is COC(=O)c1ccc2c(c1)nc(OS(=O)(=O)C(F)(F)F)c1cccn12. The second-order valence-corrected chi connectivity index (χ2v) is 6.40. The van der Waals surface area contributed by atoms with Crippen molar-refractivity contribution in [2.45, 2.75) is 5.51 Å². The number of benzene rings is 1. The number of aromatic nitrogens is 2. The normalized spacial score (nSPS) is 12.5. The predicted octanol–water partition coefficient (Wildman–Crippen LogP) is 2.50. The summed E-state index contributed by atoms with van der Waals surface area (Å²) < 4.78 is 70.4. The van der Waals surface area contributed by atoms with Crippen molar-refractivity contribution in [2.75, 3.05) is 7.11 Å². The number of esters is 1. The molecule has 0 aliphatic rings. The van der Waals surface area contributed by atoms with Crippen LogP contribution in [-0.4, -0.2) is 36.4 Å². The third-order valence-corrected chi connectivity index (χ3v) is 4.26. The highest BCUT2D eigenvalue weighted by atomic mass is 32.2. The average molecular weight is 374 g/mol. The van der Waals surface area contributed by atoms with Gasteiger partial charge in [0.25, 0.3) is 5.88 Å². The van der Waals surface area contributed by atoms with Crippen LogP contribution in [0.3, 0.4) is 0 Å². The van der Waals surface area contributed by atoms with Crippen LogP contribution in [0.15, 0.2) is 36.5 Å². The molecular weight excluding hydrogens is 365 g/mol. The highest BCUT2D eigenvalue weighted by Gasteiger charge is 2.49. The molecule has 0 unspecified atom stereocenters. The minimum Gasteiger partial charge on any atom is -0.465 e. The topological polar surface area (TPSA) is 87.0 Å². The van der Waals surface area contributed by atoms with Gasteiger partial charge in [-0.15, -0.1) is 0 Å². The summed E-state index contributed by atoms with van der Waals surface area (Å²) >= 11 is 0. The molecular formula is C14H9F3N2O5S. The van der Waals surface area contributed by atoms with Crippen LogP contribution in [0.2, 0.25) is 0 Å². The maximum absolute atomic E-state index is 12.6. The molecule has 0 bridgehead atoms. The minimum atomic E-state index is -5.89. The summed E-state index contributed by atoms with van der Waals surface area (Å²) in [6.07, 6.45) is 1.49. The Morgan fingerprint density at radius 2 is 1.92 bits per heavy atom. The van der Waals surface area contributed by atoms with E-state index < -0.39 is 27.5 Å². The number of hydrogen-bond donors (Lipinski definition) is 0. The van der Waals surface area contributed by atoms with E-state index in [2.05, 4.69) is 13.9 Å². The molecule has 2 heterocycles. The standard InChI is InChI=1S/C14H9F3N2O5S/c1-23-13(20)8-4-5-10-9(7-8)18-12(11-3-2-6-19(10)11)24-25(21,22)14(15,16)17/h2-7H,1H3. The van der Waals surface area contributed by atoms with E-state index in [-0.39, 0.29) is 16.6 Å². The molecule has 132 valence electrons. The van der Waals surface area contributed by atoms with Crippen molar-refractivity contribution < 1.29 is 35.3 Å². The van der Waals surface area contributed by atoms with Crippen molar-refractivity contribution >= 4 is 32.6 Å². The average Bonchev–Trinajstić information content (AvgIpc) is 3.02. The molecule has 0 amide bonds. The van der Waals surface area contributed by atoms with Gasteiger partial charge in [0.2, 0.25) is 0 Å². The van der Waals surface area contributed by atoms with Crippen molar-refractivity contribution in [3.63, 3.8) is 0 Å². The lowest BCUT2D eigenvalue weighted by molar-refractivity contribution is -0.0500. The van der Waals surface area contributed by atoms with Gasteiger partial charge in [-0.2, -0.15) is 21.6 Å². The van der Waals surface area contributed by atoms with E-state index in [0.717, 1.165) is 0 Å². The number of methoxy groups -OCH3 is 1. The third-order valence-electron chi connectivity index (χ3n) is 3.32. The molecule has 1 aromatic carbocycles. The number of rotatable bonds is 3. The van der Waals surface area contributed by atoms with Gasteiger partial charge in [-0.3, -0.25) is 0 Å². The van der Waals surface area contributed by atoms with Gasteiger partial charge in [-0.05, 0) is 30.3 Å². The molecule has 0 aliphatic carbocycles. The molecule has 3 rings (SSSR count). The Morgan fingerprint density at radius 1 is 1.20 bits per heavy atom. The van der Waals surface area contributed by atoms with Gasteiger partial charge in [0.15, 0.2) is 0 Å². The van der Waals surface area contributed by atoms with Gasteiger partial charge in [0.05, 0.1) is 23.7 Å². The van der Waals surface area contributed by atoms with E-state index in [1.165, 1.54) is 48.0 Å². The Kier molecular flexibility index (Phi) is 3.82. The van der Waals surface area contributed by atoms with Crippen molar-refractivity contribution in [1.29, 1.82) is 0 Å². The molecule has 0 fully saturated rings. The van der Waals surface area contributed by atoms with Crippen LogP contribution in [0.25, 0.3) is 16.6 Å². The van der Waals surface area contributed by atoms with Gasteiger partial charge in [-0.25, -0.2) is 9.78 Å². The Labute approximate surface area is 138 Å². The molecule has 0 aliphatic heterocycles. The molecule has 11 heteroatoms. The molecule has 0 atom stereocenters. The number of nitrogens with zero attached hydrogens (tertiary/aromatic N) is 2. The monoisotopic (exact) mass is 374 g/mol. The predicted molar refractivity (Wildman–Crippen MR) is 79.6 cm³/mol. The van der Waals surface area contributed by atoms with Gasteiger partial charge < -0.3 is 13.3 Å². The van der Waals surface area contributed by atoms with Crippen LogP contribution in [0.1, 0.15) is 10.4 Å².